The van der Waals surface area contributed by atoms with Gasteiger partial charge in [-0.3, -0.25) is 0 Å². The molecule has 0 aromatic rings. The molecule has 0 aromatic heterocycles. The van der Waals surface area contributed by atoms with E-state index in [2.05, 4.69) is 41.5 Å². The van der Waals surface area contributed by atoms with Gasteiger partial charge in [-0.05, 0) is 75.5 Å². The second kappa shape index (κ2) is 15.5. The van der Waals surface area contributed by atoms with Crippen molar-refractivity contribution < 1.29 is 9.47 Å². The molecule has 0 saturated heterocycles. The molecule has 0 N–H and O–H groups in total. The van der Waals surface area contributed by atoms with Crippen LogP contribution >= 0.6 is 11.6 Å². The van der Waals surface area contributed by atoms with Gasteiger partial charge in [-0.1, -0.05) is 34.6 Å². The molecule has 0 radical (unpaired) electrons. The summed E-state index contributed by atoms with van der Waals surface area (Å²) < 4.78 is 10.8. The van der Waals surface area contributed by atoms with Gasteiger partial charge in [-0.2, -0.15) is 0 Å². The molecule has 0 amide bonds. The predicted octanol–water partition coefficient (Wildman–Crippen LogP) is 6.90. The van der Waals surface area contributed by atoms with Gasteiger partial charge in [-0.15, -0.1) is 11.6 Å². The number of hydrogen-bond acceptors (Lipinski definition) is 2. The molecule has 0 saturated carbocycles. The molecule has 0 aliphatic heterocycles. The smallest absolute Gasteiger partial charge is 0.146 e. The van der Waals surface area contributed by atoms with E-state index in [4.69, 9.17) is 21.1 Å². The van der Waals surface area contributed by atoms with E-state index in [1.54, 1.807) is 0 Å². The number of rotatable bonds is 16. The van der Waals surface area contributed by atoms with Crippen LogP contribution in [0.4, 0.5) is 0 Å². The predicted molar refractivity (Wildman–Crippen MR) is 107 cm³/mol. The molecule has 3 heteroatoms. The molecular weight excluding hydrogens is 320 g/mol. The molecule has 0 heterocycles. The Morgan fingerprint density at radius 1 is 0.708 bits per heavy atom. The van der Waals surface area contributed by atoms with E-state index < -0.39 is 0 Å². The molecule has 0 fully saturated rings. The van der Waals surface area contributed by atoms with E-state index in [1.165, 1.54) is 25.7 Å². The van der Waals surface area contributed by atoms with Gasteiger partial charge in [0.05, 0.1) is 0 Å². The fourth-order valence-corrected chi connectivity index (χ4v) is 4.18. The maximum atomic E-state index is 6.11. The van der Waals surface area contributed by atoms with Gasteiger partial charge in [0, 0.05) is 18.6 Å². The number of ether oxygens (including phenoxy) is 2. The summed E-state index contributed by atoms with van der Waals surface area (Å²) in [4.78, 5) is 0. The van der Waals surface area contributed by atoms with Crippen LogP contribution in [0.1, 0.15) is 86.5 Å². The average Bonchev–Trinajstić information content (AvgIpc) is 2.44. The van der Waals surface area contributed by atoms with Crippen molar-refractivity contribution in [3.05, 3.63) is 0 Å². The van der Waals surface area contributed by atoms with Crippen LogP contribution in [0.2, 0.25) is 0 Å². The third kappa shape index (κ3) is 15.7. The molecule has 5 atom stereocenters. The van der Waals surface area contributed by atoms with Crippen LogP contribution in [-0.4, -0.2) is 25.4 Å². The SMILES string of the molecule is CCCOCOCCCC(C)CC(C)CC(C)CC(C)CC(C)Cl. The summed E-state index contributed by atoms with van der Waals surface area (Å²) in [5, 5.41) is 0.305. The highest BCUT2D eigenvalue weighted by Crippen LogP contribution is 2.27. The largest absolute Gasteiger partial charge is 0.355 e. The Balaban J connectivity index is 3.68. The third-order valence-corrected chi connectivity index (χ3v) is 4.82. The molecular formula is C21H43ClO2. The molecule has 146 valence electrons. The van der Waals surface area contributed by atoms with Crippen LogP contribution in [0.5, 0.6) is 0 Å². The summed E-state index contributed by atoms with van der Waals surface area (Å²) in [6.07, 6.45) is 8.57. The molecule has 0 spiro atoms. The summed E-state index contributed by atoms with van der Waals surface area (Å²) in [5.74, 6) is 3.14. The highest BCUT2D eigenvalue weighted by molar-refractivity contribution is 6.20. The van der Waals surface area contributed by atoms with Crippen molar-refractivity contribution in [2.45, 2.75) is 91.9 Å². The lowest BCUT2D eigenvalue weighted by atomic mass is 9.84. The summed E-state index contributed by atoms with van der Waals surface area (Å²) in [5.41, 5.74) is 0. The van der Waals surface area contributed by atoms with Crippen LogP contribution < -0.4 is 0 Å². The maximum Gasteiger partial charge on any atom is 0.146 e. The molecule has 0 aliphatic carbocycles. The van der Waals surface area contributed by atoms with E-state index in [-0.39, 0.29) is 0 Å². The topological polar surface area (TPSA) is 18.5 Å². The molecule has 2 nitrogen and oxygen atoms in total. The third-order valence-electron chi connectivity index (χ3n) is 4.64. The van der Waals surface area contributed by atoms with Crippen LogP contribution in [0.25, 0.3) is 0 Å². The van der Waals surface area contributed by atoms with E-state index in [9.17, 15) is 0 Å². The van der Waals surface area contributed by atoms with Gasteiger partial charge < -0.3 is 9.47 Å². The Labute approximate surface area is 157 Å². The van der Waals surface area contributed by atoms with Crippen molar-refractivity contribution in [1.29, 1.82) is 0 Å². The number of halogens is 1. The van der Waals surface area contributed by atoms with Gasteiger partial charge in [-0.25, -0.2) is 0 Å². The van der Waals surface area contributed by atoms with E-state index in [1.807, 2.05) is 0 Å². The van der Waals surface area contributed by atoms with E-state index in [0.717, 1.165) is 56.1 Å². The maximum absolute atomic E-state index is 6.11. The molecule has 24 heavy (non-hydrogen) atoms. The van der Waals surface area contributed by atoms with E-state index >= 15 is 0 Å². The Bertz CT molecular complexity index is 271. The first-order valence-corrected chi connectivity index (χ1v) is 10.6. The van der Waals surface area contributed by atoms with Crippen LogP contribution in [0, 0.1) is 23.7 Å². The van der Waals surface area contributed by atoms with E-state index in [0.29, 0.717) is 12.2 Å². The average molecular weight is 363 g/mol. The molecule has 0 bridgehead atoms. The fraction of sp³-hybridized carbons (Fsp3) is 1.00. The second-order valence-electron chi connectivity index (χ2n) is 8.22. The lowest BCUT2D eigenvalue weighted by molar-refractivity contribution is -0.0549. The summed E-state index contributed by atoms with van der Waals surface area (Å²) >= 11 is 6.11. The minimum Gasteiger partial charge on any atom is -0.355 e. The zero-order valence-corrected chi connectivity index (χ0v) is 17.9. The Hall–Kier alpha value is 0.210. The first-order valence-electron chi connectivity index (χ1n) is 10.1. The van der Waals surface area contributed by atoms with Gasteiger partial charge in [0.15, 0.2) is 0 Å². The molecule has 0 aliphatic rings. The number of alkyl halides is 1. The number of hydrogen-bond donors (Lipinski definition) is 0. The summed E-state index contributed by atoms with van der Waals surface area (Å²) in [7, 11) is 0. The van der Waals surface area contributed by atoms with Gasteiger partial charge >= 0.3 is 0 Å². The Morgan fingerprint density at radius 3 is 1.75 bits per heavy atom. The minimum atomic E-state index is 0.305. The van der Waals surface area contributed by atoms with Crippen LogP contribution in [0.3, 0.4) is 0 Å². The van der Waals surface area contributed by atoms with Crippen molar-refractivity contribution in [1.82, 2.24) is 0 Å². The second-order valence-corrected chi connectivity index (χ2v) is 8.97. The summed E-state index contributed by atoms with van der Waals surface area (Å²) in [6.45, 7) is 15.8. The lowest BCUT2D eigenvalue weighted by Crippen LogP contribution is -2.12. The van der Waals surface area contributed by atoms with Gasteiger partial charge in [0.1, 0.15) is 6.79 Å². The fourth-order valence-electron chi connectivity index (χ4n) is 3.88. The monoisotopic (exact) mass is 362 g/mol. The van der Waals surface area contributed by atoms with Gasteiger partial charge in [0.25, 0.3) is 0 Å². The highest BCUT2D eigenvalue weighted by atomic mass is 35.5. The standard InChI is InChI=1S/C21H43ClO2/c1-7-10-23-16-24-11-8-9-17(2)12-18(3)13-19(4)14-20(5)15-21(6)22/h17-21H,7-16H2,1-6H3. The summed E-state index contributed by atoms with van der Waals surface area (Å²) in [6, 6.07) is 0. The van der Waals surface area contributed by atoms with Crippen molar-refractivity contribution in [3.63, 3.8) is 0 Å². The first-order chi connectivity index (χ1) is 11.3. The van der Waals surface area contributed by atoms with Crippen molar-refractivity contribution in [2.75, 3.05) is 20.0 Å². The minimum absolute atomic E-state index is 0.305. The molecule has 0 rings (SSSR count). The first kappa shape index (κ1) is 24.2. The van der Waals surface area contributed by atoms with Crippen molar-refractivity contribution >= 4 is 11.6 Å². The lowest BCUT2D eigenvalue weighted by Gasteiger charge is -2.23. The Kier molecular flexibility index (Phi) is 15.6. The van der Waals surface area contributed by atoms with Crippen molar-refractivity contribution in [3.8, 4) is 0 Å². The zero-order chi connectivity index (χ0) is 18.4. The normalized spacial score (nSPS) is 18.1. The van der Waals surface area contributed by atoms with Crippen LogP contribution in [0.15, 0.2) is 0 Å². The molecule has 0 aromatic carbocycles. The van der Waals surface area contributed by atoms with Gasteiger partial charge in [0.2, 0.25) is 0 Å². The zero-order valence-electron chi connectivity index (χ0n) is 17.2. The quantitative estimate of drug-likeness (QED) is 0.169. The molecule has 5 unspecified atom stereocenters. The Morgan fingerprint density at radius 2 is 1.21 bits per heavy atom. The van der Waals surface area contributed by atoms with Crippen LogP contribution in [-0.2, 0) is 9.47 Å². The van der Waals surface area contributed by atoms with Crippen molar-refractivity contribution in [2.24, 2.45) is 23.7 Å². The highest BCUT2D eigenvalue weighted by Gasteiger charge is 2.15.